The van der Waals surface area contributed by atoms with Crippen molar-refractivity contribution in [2.45, 2.75) is 45.6 Å². The molecule has 2 saturated carbocycles. The van der Waals surface area contributed by atoms with Crippen molar-refractivity contribution in [3.63, 3.8) is 0 Å². The van der Waals surface area contributed by atoms with Crippen molar-refractivity contribution >= 4 is 5.91 Å². The molecule has 2 aromatic heterocycles. The van der Waals surface area contributed by atoms with Crippen LogP contribution in [0.5, 0.6) is 0 Å². The van der Waals surface area contributed by atoms with E-state index in [9.17, 15) is 4.79 Å². The molecule has 0 bridgehead atoms. The lowest BCUT2D eigenvalue weighted by Crippen LogP contribution is -2.38. The standard InChI is InChI=1S/C19H23N3O/c1-12-10-17(13(2)22(12)16-4-3-9-20-11-16)19(23)21-18(14-5-6-14)15-7-8-15/h3-4,9-11,14-15,18H,5-8H2,1-2H3,(H,21,23). The lowest BCUT2D eigenvalue weighted by Gasteiger charge is -2.17. The summed E-state index contributed by atoms with van der Waals surface area (Å²) in [6.07, 6.45) is 8.69. The first kappa shape index (κ1) is 14.5. The van der Waals surface area contributed by atoms with Crippen LogP contribution in [0.15, 0.2) is 30.6 Å². The zero-order valence-corrected chi connectivity index (χ0v) is 13.7. The second kappa shape index (κ2) is 5.52. The molecule has 0 aromatic carbocycles. The van der Waals surface area contributed by atoms with Crippen LogP contribution >= 0.6 is 0 Å². The van der Waals surface area contributed by atoms with E-state index in [0.29, 0.717) is 17.9 Å². The van der Waals surface area contributed by atoms with E-state index in [-0.39, 0.29) is 5.91 Å². The molecule has 1 N–H and O–H groups in total. The van der Waals surface area contributed by atoms with E-state index in [1.54, 1.807) is 6.20 Å². The number of aryl methyl sites for hydroxylation is 1. The van der Waals surface area contributed by atoms with Gasteiger partial charge in [-0.3, -0.25) is 9.78 Å². The first-order valence-electron chi connectivity index (χ1n) is 8.55. The van der Waals surface area contributed by atoms with Gasteiger partial charge in [-0.25, -0.2) is 0 Å². The summed E-state index contributed by atoms with van der Waals surface area (Å²) in [5.41, 5.74) is 3.84. The molecule has 4 rings (SSSR count). The second-order valence-electron chi connectivity index (χ2n) is 7.01. The molecule has 4 nitrogen and oxygen atoms in total. The smallest absolute Gasteiger partial charge is 0.253 e. The number of carbonyl (C=O) groups is 1. The van der Waals surface area contributed by atoms with E-state index in [4.69, 9.17) is 0 Å². The molecule has 120 valence electrons. The lowest BCUT2D eigenvalue weighted by atomic mass is 10.1. The summed E-state index contributed by atoms with van der Waals surface area (Å²) in [5, 5.41) is 3.32. The van der Waals surface area contributed by atoms with Crippen LogP contribution in [0.25, 0.3) is 5.69 Å². The first-order chi connectivity index (χ1) is 11.1. The van der Waals surface area contributed by atoms with Gasteiger partial charge in [0, 0.05) is 23.6 Å². The third kappa shape index (κ3) is 2.78. The lowest BCUT2D eigenvalue weighted by molar-refractivity contribution is 0.0925. The number of hydrogen-bond acceptors (Lipinski definition) is 2. The topological polar surface area (TPSA) is 46.9 Å². The number of pyridine rings is 1. The highest BCUT2D eigenvalue weighted by molar-refractivity contribution is 5.96. The Morgan fingerprint density at radius 1 is 1.26 bits per heavy atom. The summed E-state index contributed by atoms with van der Waals surface area (Å²) in [7, 11) is 0. The van der Waals surface area contributed by atoms with Crippen molar-refractivity contribution in [3.05, 3.63) is 47.5 Å². The van der Waals surface area contributed by atoms with Gasteiger partial charge in [-0.05, 0) is 69.6 Å². The van der Waals surface area contributed by atoms with Gasteiger partial charge in [-0.15, -0.1) is 0 Å². The number of nitrogens with one attached hydrogen (secondary N) is 1. The Balaban J connectivity index is 1.60. The van der Waals surface area contributed by atoms with E-state index in [1.165, 1.54) is 25.7 Å². The number of amides is 1. The van der Waals surface area contributed by atoms with Crippen LogP contribution in [-0.2, 0) is 0 Å². The number of nitrogens with zero attached hydrogens (tertiary/aromatic N) is 2. The minimum atomic E-state index is 0.0806. The summed E-state index contributed by atoms with van der Waals surface area (Å²) in [4.78, 5) is 17.0. The highest BCUT2D eigenvalue weighted by Gasteiger charge is 2.42. The largest absolute Gasteiger partial charge is 0.349 e. The summed E-state index contributed by atoms with van der Waals surface area (Å²) < 4.78 is 2.10. The molecule has 0 radical (unpaired) electrons. The maximum Gasteiger partial charge on any atom is 0.253 e. The minimum absolute atomic E-state index is 0.0806. The van der Waals surface area contributed by atoms with Crippen LogP contribution in [0.1, 0.15) is 47.4 Å². The molecule has 0 spiro atoms. The fourth-order valence-corrected chi connectivity index (χ4v) is 3.64. The Bertz CT molecular complexity index is 715. The normalized spacial score (nSPS) is 17.5. The highest BCUT2D eigenvalue weighted by atomic mass is 16.1. The van der Waals surface area contributed by atoms with Gasteiger partial charge in [0.1, 0.15) is 0 Å². The van der Waals surface area contributed by atoms with Crippen molar-refractivity contribution in [2.75, 3.05) is 0 Å². The van der Waals surface area contributed by atoms with Crippen LogP contribution < -0.4 is 5.32 Å². The number of hydrogen-bond donors (Lipinski definition) is 1. The molecule has 0 aliphatic heterocycles. The maximum atomic E-state index is 12.8. The van der Waals surface area contributed by atoms with E-state index in [0.717, 1.165) is 22.6 Å². The molecular weight excluding hydrogens is 286 g/mol. The maximum absolute atomic E-state index is 12.8. The molecule has 2 fully saturated rings. The molecule has 0 unspecified atom stereocenters. The van der Waals surface area contributed by atoms with Crippen molar-refractivity contribution in [1.29, 1.82) is 0 Å². The Morgan fingerprint density at radius 3 is 2.52 bits per heavy atom. The fourth-order valence-electron chi connectivity index (χ4n) is 3.64. The van der Waals surface area contributed by atoms with E-state index >= 15 is 0 Å². The third-order valence-corrected chi connectivity index (χ3v) is 5.14. The molecule has 0 atom stereocenters. The van der Waals surface area contributed by atoms with E-state index < -0.39 is 0 Å². The molecule has 0 saturated heterocycles. The highest BCUT2D eigenvalue weighted by Crippen LogP contribution is 2.44. The predicted molar refractivity (Wildman–Crippen MR) is 89.7 cm³/mol. The quantitative estimate of drug-likeness (QED) is 0.920. The van der Waals surface area contributed by atoms with Crippen LogP contribution in [0.3, 0.4) is 0 Å². The van der Waals surface area contributed by atoms with Crippen LogP contribution in [0, 0.1) is 25.7 Å². The van der Waals surface area contributed by atoms with Crippen molar-refractivity contribution in [3.8, 4) is 5.69 Å². The fraction of sp³-hybridized carbons (Fsp3) is 0.474. The zero-order valence-electron chi connectivity index (χ0n) is 13.7. The summed E-state index contributed by atoms with van der Waals surface area (Å²) in [5.74, 6) is 1.51. The van der Waals surface area contributed by atoms with Gasteiger partial charge in [0.25, 0.3) is 5.91 Å². The first-order valence-corrected chi connectivity index (χ1v) is 8.55. The summed E-state index contributed by atoms with van der Waals surface area (Å²) >= 11 is 0. The molecule has 2 aromatic rings. The van der Waals surface area contributed by atoms with Gasteiger partial charge in [0.2, 0.25) is 0 Å². The van der Waals surface area contributed by atoms with Crippen molar-refractivity contribution in [1.82, 2.24) is 14.9 Å². The molecular formula is C19H23N3O. The minimum Gasteiger partial charge on any atom is -0.349 e. The Hall–Kier alpha value is -2.10. The number of carbonyl (C=O) groups excluding carboxylic acids is 1. The van der Waals surface area contributed by atoms with Gasteiger partial charge in [-0.1, -0.05) is 0 Å². The predicted octanol–water partition coefficient (Wildman–Crippen LogP) is 3.41. The zero-order chi connectivity index (χ0) is 16.0. The number of rotatable bonds is 5. The monoisotopic (exact) mass is 309 g/mol. The van der Waals surface area contributed by atoms with E-state index in [2.05, 4.69) is 14.9 Å². The van der Waals surface area contributed by atoms with E-state index in [1.807, 2.05) is 38.2 Å². The molecule has 2 heterocycles. The van der Waals surface area contributed by atoms with Crippen LogP contribution in [0.4, 0.5) is 0 Å². The van der Waals surface area contributed by atoms with Gasteiger partial charge in [0.15, 0.2) is 0 Å². The summed E-state index contributed by atoms with van der Waals surface area (Å²) in [6, 6.07) is 6.33. The van der Waals surface area contributed by atoms with Gasteiger partial charge in [-0.2, -0.15) is 0 Å². The Morgan fingerprint density at radius 2 is 1.96 bits per heavy atom. The van der Waals surface area contributed by atoms with Crippen LogP contribution in [0.2, 0.25) is 0 Å². The second-order valence-corrected chi connectivity index (χ2v) is 7.01. The van der Waals surface area contributed by atoms with Crippen molar-refractivity contribution in [2.24, 2.45) is 11.8 Å². The summed E-state index contributed by atoms with van der Waals surface area (Å²) in [6.45, 7) is 4.05. The SMILES string of the molecule is Cc1cc(C(=O)NC(C2CC2)C2CC2)c(C)n1-c1cccnc1. The molecule has 1 amide bonds. The average molecular weight is 309 g/mol. The third-order valence-electron chi connectivity index (χ3n) is 5.14. The number of aromatic nitrogens is 2. The van der Waals surface area contributed by atoms with Gasteiger partial charge >= 0.3 is 0 Å². The molecule has 2 aliphatic rings. The Labute approximate surface area is 136 Å². The average Bonchev–Trinajstić information content (AvgIpc) is 3.45. The molecule has 23 heavy (non-hydrogen) atoms. The van der Waals surface area contributed by atoms with Crippen LogP contribution in [-0.4, -0.2) is 21.5 Å². The van der Waals surface area contributed by atoms with Gasteiger partial charge < -0.3 is 9.88 Å². The molecule has 2 aliphatic carbocycles. The van der Waals surface area contributed by atoms with Gasteiger partial charge in [0.05, 0.1) is 17.4 Å². The Kier molecular flexibility index (Phi) is 3.47. The van der Waals surface area contributed by atoms with Crippen molar-refractivity contribution < 1.29 is 4.79 Å². The molecule has 4 heteroatoms.